The van der Waals surface area contributed by atoms with E-state index in [-0.39, 0.29) is 30.4 Å². The Labute approximate surface area is 197 Å². The van der Waals surface area contributed by atoms with Gasteiger partial charge in [0.25, 0.3) is 0 Å². The lowest BCUT2D eigenvalue weighted by atomic mass is 10.1. The molecule has 0 aromatic carbocycles. The number of unbranched alkanes of at least 4 members (excludes halogenated alkanes) is 8. The fourth-order valence-corrected chi connectivity index (χ4v) is 5.05. The first-order valence-electron chi connectivity index (χ1n) is 12.8. The summed E-state index contributed by atoms with van der Waals surface area (Å²) in [4.78, 5) is 26.5. The van der Waals surface area contributed by atoms with Gasteiger partial charge in [-0.25, -0.2) is 0 Å². The number of amides is 1. The van der Waals surface area contributed by atoms with Gasteiger partial charge in [-0.15, -0.1) is 0 Å². The normalized spacial score (nSPS) is 19.2. The number of esters is 1. The molecule has 2 rings (SSSR count). The first-order chi connectivity index (χ1) is 14.5. The summed E-state index contributed by atoms with van der Waals surface area (Å²) < 4.78 is 6.92. The zero-order chi connectivity index (χ0) is 21.7. The van der Waals surface area contributed by atoms with Crippen LogP contribution >= 0.6 is 0 Å². The van der Waals surface area contributed by atoms with E-state index < -0.39 is 0 Å². The number of carbonyl (C=O) groups is 2. The lowest BCUT2D eigenvalue weighted by Crippen LogP contribution is -3.00. The Balaban J connectivity index is 0.00000480. The number of carbonyl (C=O) groups excluding carboxylic acids is 2. The maximum absolute atomic E-state index is 12.5. The van der Waals surface area contributed by atoms with E-state index in [9.17, 15) is 9.59 Å². The van der Waals surface area contributed by atoms with Gasteiger partial charge >= 0.3 is 5.97 Å². The van der Waals surface area contributed by atoms with Gasteiger partial charge in [0, 0.05) is 19.4 Å². The standard InChI is InChI=1S/C25H47N2O3.ClH/c1-3-4-5-6-7-8-9-10-12-17-25(29)30-23(21-26-18-15-16-24(26)28)22-27(2)19-13-11-14-20-27;/h23H,3-22H2,1-2H3;1H/q+1;/p-1. The lowest BCUT2D eigenvalue weighted by Gasteiger charge is -2.40. The molecule has 0 aliphatic carbocycles. The second kappa shape index (κ2) is 15.9. The zero-order valence-electron chi connectivity index (χ0n) is 20.2. The molecule has 2 fully saturated rings. The summed E-state index contributed by atoms with van der Waals surface area (Å²) in [5, 5.41) is 0. The number of ether oxygens (including phenoxy) is 1. The Morgan fingerprint density at radius 1 is 0.968 bits per heavy atom. The Morgan fingerprint density at radius 2 is 1.58 bits per heavy atom. The summed E-state index contributed by atoms with van der Waals surface area (Å²) in [5.41, 5.74) is 0. The molecule has 2 aliphatic rings. The molecule has 0 bridgehead atoms. The monoisotopic (exact) mass is 458 g/mol. The molecular weight excluding hydrogens is 412 g/mol. The van der Waals surface area contributed by atoms with E-state index in [1.165, 1.54) is 64.2 Å². The Hall–Kier alpha value is -0.810. The van der Waals surface area contributed by atoms with Crippen LogP contribution in [-0.2, 0) is 14.3 Å². The molecule has 2 aliphatic heterocycles. The summed E-state index contributed by atoms with van der Waals surface area (Å²) in [6.07, 6.45) is 17.0. The van der Waals surface area contributed by atoms with E-state index in [1.807, 2.05) is 4.90 Å². The zero-order valence-corrected chi connectivity index (χ0v) is 21.0. The average Bonchev–Trinajstić information content (AvgIpc) is 3.11. The summed E-state index contributed by atoms with van der Waals surface area (Å²) in [6.45, 7) is 6.79. The molecule has 1 amide bonds. The highest BCUT2D eigenvalue weighted by molar-refractivity contribution is 5.78. The molecular formula is C25H47ClN2O3. The molecule has 0 aromatic rings. The number of likely N-dealkylation sites (tertiary alicyclic amines) is 2. The smallest absolute Gasteiger partial charge is 0.306 e. The van der Waals surface area contributed by atoms with Gasteiger partial charge in [0.1, 0.15) is 6.54 Å². The molecule has 31 heavy (non-hydrogen) atoms. The first kappa shape index (κ1) is 28.2. The lowest BCUT2D eigenvalue weighted by molar-refractivity contribution is -0.916. The van der Waals surface area contributed by atoms with Gasteiger partial charge in [-0.2, -0.15) is 0 Å². The van der Waals surface area contributed by atoms with Crippen LogP contribution in [0.2, 0.25) is 0 Å². The number of hydrogen-bond acceptors (Lipinski definition) is 3. The van der Waals surface area contributed by atoms with Crippen LogP contribution in [0.3, 0.4) is 0 Å². The van der Waals surface area contributed by atoms with Crippen molar-refractivity contribution in [1.82, 2.24) is 4.90 Å². The number of nitrogens with zero attached hydrogens (tertiary/aromatic N) is 2. The molecule has 2 heterocycles. The van der Waals surface area contributed by atoms with Gasteiger partial charge in [0.15, 0.2) is 6.10 Å². The predicted molar refractivity (Wildman–Crippen MR) is 122 cm³/mol. The molecule has 0 spiro atoms. The molecule has 0 saturated carbocycles. The number of halogens is 1. The highest BCUT2D eigenvalue weighted by Gasteiger charge is 2.33. The molecule has 0 aromatic heterocycles. The largest absolute Gasteiger partial charge is 1.00 e. The maximum Gasteiger partial charge on any atom is 0.306 e. The molecule has 0 N–H and O–H groups in total. The highest BCUT2D eigenvalue weighted by Crippen LogP contribution is 2.20. The van der Waals surface area contributed by atoms with E-state index in [0.717, 1.165) is 49.9 Å². The van der Waals surface area contributed by atoms with Crippen LogP contribution in [0.25, 0.3) is 0 Å². The van der Waals surface area contributed by atoms with Crippen molar-refractivity contribution in [2.75, 3.05) is 39.8 Å². The van der Waals surface area contributed by atoms with Crippen molar-refractivity contribution in [2.45, 2.75) is 109 Å². The van der Waals surface area contributed by atoms with Crippen LogP contribution in [-0.4, -0.2) is 67.1 Å². The SMILES string of the molecule is CCCCCCCCCCCC(=O)OC(CN1CCCC1=O)C[N+]1(C)CCCCC1.[Cl-]. The van der Waals surface area contributed by atoms with Crippen molar-refractivity contribution in [3.63, 3.8) is 0 Å². The minimum absolute atomic E-state index is 0. The Kier molecular flexibility index (Phi) is 14.5. The van der Waals surface area contributed by atoms with Crippen molar-refractivity contribution in [3.05, 3.63) is 0 Å². The van der Waals surface area contributed by atoms with Crippen molar-refractivity contribution in [3.8, 4) is 0 Å². The van der Waals surface area contributed by atoms with Gasteiger partial charge < -0.3 is 26.5 Å². The third-order valence-electron chi connectivity index (χ3n) is 6.92. The molecule has 182 valence electrons. The van der Waals surface area contributed by atoms with Gasteiger partial charge in [-0.3, -0.25) is 9.59 Å². The minimum atomic E-state index is -0.166. The third kappa shape index (κ3) is 11.6. The number of hydrogen-bond donors (Lipinski definition) is 0. The van der Waals surface area contributed by atoms with Gasteiger partial charge in [0.2, 0.25) is 5.91 Å². The minimum Gasteiger partial charge on any atom is -1.00 e. The Bertz CT molecular complexity index is 509. The van der Waals surface area contributed by atoms with E-state index >= 15 is 0 Å². The van der Waals surface area contributed by atoms with Crippen molar-refractivity contribution < 1.29 is 31.2 Å². The fourth-order valence-electron chi connectivity index (χ4n) is 5.05. The predicted octanol–water partition coefficient (Wildman–Crippen LogP) is 2.08. The average molecular weight is 459 g/mol. The molecule has 0 radical (unpaired) electrons. The second-order valence-electron chi connectivity index (χ2n) is 9.94. The van der Waals surface area contributed by atoms with Crippen LogP contribution in [0.15, 0.2) is 0 Å². The third-order valence-corrected chi connectivity index (χ3v) is 6.92. The quantitative estimate of drug-likeness (QED) is 0.214. The summed E-state index contributed by atoms with van der Waals surface area (Å²) in [7, 11) is 2.28. The topological polar surface area (TPSA) is 46.6 Å². The number of quaternary nitrogens is 1. The van der Waals surface area contributed by atoms with Crippen LogP contribution < -0.4 is 12.4 Å². The van der Waals surface area contributed by atoms with Crippen molar-refractivity contribution >= 4 is 11.9 Å². The number of likely N-dealkylation sites (N-methyl/N-ethyl adjacent to an activating group) is 1. The summed E-state index contributed by atoms with van der Waals surface area (Å²) >= 11 is 0. The fraction of sp³-hybridized carbons (Fsp3) is 0.920. The van der Waals surface area contributed by atoms with Gasteiger partial charge in [-0.05, 0) is 32.1 Å². The van der Waals surface area contributed by atoms with Crippen LogP contribution in [0.5, 0.6) is 0 Å². The van der Waals surface area contributed by atoms with E-state index in [0.29, 0.717) is 19.4 Å². The maximum atomic E-state index is 12.5. The van der Waals surface area contributed by atoms with Gasteiger partial charge in [0.05, 0.1) is 26.7 Å². The van der Waals surface area contributed by atoms with Gasteiger partial charge in [-0.1, -0.05) is 58.3 Å². The van der Waals surface area contributed by atoms with Crippen molar-refractivity contribution in [1.29, 1.82) is 0 Å². The summed E-state index contributed by atoms with van der Waals surface area (Å²) in [5.74, 6) is 0.148. The molecule has 1 unspecified atom stereocenters. The van der Waals surface area contributed by atoms with E-state index in [1.54, 1.807) is 0 Å². The first-order valence-corrected chi connectivity index (χ1v) is 12.8. The molecule has 6 heteroatoms. The van der Waals surface area contributed by atoms with E-state index in [4.69, 9.17) is 4.74 Å². The van der Waals surface area contributed by atoms with Crippen LogP contribution in [0.4, 0.5) is 0 Å². The molecule has 5 nitrogen and oxygen atoms in total. The highest BCUT2D eigenvalue weighted by atomic mass is 35.5. The molecule has 1 atom stereocenters. The number of piperidine rings is 1. The number of rotatable bonds is 15. The summed E-state index contributed by atoms with van der Waals surface area (Å²) in [6, 6.07) is 0. The molecule has 2 saturated heterocycles. The Morgan fingerprint density at radius 3 is 2.16 bits per heavy atom. The second-order valence-corrected chi connectivity index (χ2v) is 9.94. The van der Waals surface area contributed by atoms with Crippen LogP contribution in [0.1, 0.15) is 103 Å². The van der Waals surface area contributed by atoms with Crippen molar-refractivity contribution in [2.24, 2.45) is 0 Å². The van der Waals surface area contributed by atoms with Crippen LogP contribution in [0, 0.1) is 0 Å². The van der Waals surface area contributed by atoms with E-state index in [2.05, 4.69) is 14.0 Å².